The lowest BCUT2D eigenvalue weighted by molar-refractivity contribution is -0.147. The average Bonchev–Trinajstić information content (AvgIpc) is 2.28. The molecule has 1 fully saturated rings. The van der Waals surface area contributed by atoms with E-state index in [2.05, 4.69) is 5.32 Å². The van der Waals surface area contributed by atoms with Gasteiger partial charge in [0.25, 0.3) is 0 Å². The summed E-state index contributed by atoms with van der Waals surface area (Å²) in [4.78, 5) is 25.0. The third kappa shape index (κ3) is 2.95. The minimum atomic E-state index is -0.330. The number of rotatable bonds is 5. The predicted octanol–water partition coefficient (Wildman–Crippen LogP) is 0.148. The first-order chi connectivity index (χ1) is 7.60. The zero-order chi connectivity index (χ0) is 12.1. The monoisotopic (exact) mass is 228 g/mol. The normalized spacial score (nSPS) is 23.2. The fourth-order valence-electron chi connectivity index (χ4n) is 1.84. The van der Waals surface area contributed by atoms with Gasteiger partial charge in [0.1, 0.15) is 6.04 Å². The van der Waals surface area contributed by atoms with Crippen LogP contribution in [-0.2, 0) is 14.3 Å². The van der Waals surface area contributed by atoms with Crippen molar-refractivity contribution in [3.63, 3.8) is 0 Å². The number of piperazine rings is 1. The molecule has 0 saturated carbocycles. The molecular formula is C11H20N2O3. The molecule has 0 aromatic heterocycles. The number of nitrogens with one attached hydrogen (secondary N) is 1. The van der Waals surface area contributed by atoms with Gasteiger partial charge in [0.2, 0.25) is 11.8 Å². The van der Waals surface area contributed by atoms with Gasteiger partial charge < -0.3 is 15.0 Å². The molecular weight excluding hydrogens is 208 g/mol. The van der Waals surface area contributed by atoms with E-state index in [1.54, 1.807) is 12.0 Å². The highest BCUT2D eigenvalue weighted by Crippen LogP contribution is 2.12. The molecule has 1 saturated heterocycles. The largest absolute Gasteiger partial charge is 0.380 e. The van der Waals surface area contributed by atoms with Crippen molar-refractivity contribution in [3.8, 4) is 0 Å². The Hall–Kier alpha value is -1.10. The molecule has 92 valence electrons. The van der Waals surface area contributed by atoms with E-state index in [1.807, 2.05) is 13.8 Å². The molecule has 2 amide bonds. The topological polar surface area (TPSA) is 58.6 Å². The number of hydrogen-bond donors (Lipinski definition) is 1. The number of amides is 2. The molecule has 5 nitrogen and oxygen atoms in total. The molecule has 5 heteroatoms. The Morgan fingerprint density at radius 2 is 2.25 bits per heavy atom. The Kier molecular flexibility index (Phi) is 4.73. The minimum Gasteiger partial charge on any atom is -0.380 e. The van der Waals surface area contributed by atoms with Crippen LogP contribution >= 0.6 is 0 Å². The molecule has 2 unspecified atom stereocenters. The molecule has 1 N–H and O–H groups in total. The van der Waals surface area contributed by atoms with E-state index in [0.717, 1.165) is 6.42 Å². The van der Waals surface area contributed by atoms with Crippen LogP contribution in [0, 0.1) is 0 Å². The second kappa shape index (κ2) is 5.84. The molecule has 2 atom stereocenters. The number of ether oxygens (including phenoxy) is 1. The standard InChI is InChI=1S/C11H20N2O3/c1-4-5-9-11(15)12-6-10(14)13(9)7-8(2)16-3/h8-9H,4-7H2,1-3H3,(H,12,15). The van der Waals surface area contributed by atoms with Gasteiger partial charge in [0.05, 0.1) is 12.6 Å². The Balaban J connectivity index is 2.71. The number of carbonyl (C=O) groups excluding carboxylic acids is 2. The van der Waals surface area contributed by atoms with Crippen LogP contribution in [0.3, 0.4) is 0 Å². The van der Waals surface area contributed by atoms with Gasteiger partial charge in [-0.2, -0.15) is 0 Å². The van der Waals surface area contributed by atoms with Crippen LogP contribution < -0.4 is 5.32 Å². The van der Waals surface area contributed by atoms with Crippen molar-refractivity contribution in [2.24, 2.45) is 0 Å². The first-order valence-corrected chi connectivity index (χ1v) is 5.70. The molecule has 1 rings (SSSR count). The van der Waals surface area contributed by atoms with Gasteiger partial charge >= 0.3 is 0 Å². The average molecular weight is 228 g/mol. The maximum Gasteiger partial charge on any atom is 0.243 e. The Morgan fingerprint density at radius 3 is 2.81 bits per heavy atom. The SMILES string of the molecule is CCCC1C(=O)NCC(=O)N1CC(C)OC. The quantitative estimate of drug-likeness (QED) is 0.728. The highest BCUT2D eigenvalue weighted by Gasteiger charge is 2.34. The predicted molar refractivity (Wildman–Crippen MR) is 59.9 cm³/mol. The van der Waals surface area contributed by atoms with Crippen LogP contribution in [0.2, 0.25) is 0 Å². The number of nitrogens with zero attached hydrogens (tertiary/aromatic N) is 1. The van der Waals surface area contributed by atoms with E-state index in [1.165, 1.54) is 0 Å². The first kappa shape index (κ1) is 13.0. The molecule has 0 aromatic carbocycles. The van der Waals surface area contributed by atoms with E-state index >= 15 is 0 Å². The van der Waals surface area contributed by atoms with Crippen molar-refractivity contribution in [3.05, 3.63) is 0 Å². The molecule has 0 aliphatic carbocycles. The highest BCUT2D eigenvalue weighted by molar-refractivity contribution is 5.94. The lowest BCUT2D eigenvalue weighted by atomic mass is 10.1. The third-order valence-corrected chi connectivity index (χ3v) is 2.83. The Morgan fingerprint density at radius 1 is 1.56 bits per heavy atom. The van der Waals surface area contributed by atoms with Crippen LogP contribution in [0.5, 0.6) is 0 Å². The van der Waals surface area contributed by atoms with Gasteiger partial charge in [0, 0.05) is 13.7 Å². The van der Waals surface area contributed by atoms with Crippen molar-refractivity contribution in [1.29, 1.82) is 0 Å². The highest BCUT2D eigenvalue weighted by atomic mass is 16.5. The van der Waals surface area contributed by atoms with Crippen LogP contribution in [0.25, 0.3) is 0 Å². The lowest BCUT2D eigenvalue weighted by Gasteiger charge is -2.36. The van der Waals surface area contributed by atoms with Gasteiger partial charge in [-0.25, -0.2) is 0 Å². The zero-order valence-corrected chi connectivity index (χ0v) is 10.2. The summed E-state index contributed by atoms with van der Waals surface area (Å²) in [5, 5.41) is 2.62. The number of carbonyl (C=O) groups is 2. The van der Waals surface area contributed by atoms with Gasteiger partial charge in [0.15, 0.2) is 0 Å². The number of hydrogen-bond acceptors (Lipinski definition) is 3. The van der Waals surface area contributed by atoms with Crippen molar-refractivity contribution in [2.75, 3.05) is 20.2 Å². The fraction of sp³-hybridized carbons (Fsp3) is 0.818. The van der Waals surface area contributed by atoms with E-state index in [9.17, 15) is 9.59 Å². The molecule has 1 aliphatic rings. The molecule has 0 spiro atoms. The molecule has 1 heterocycles. The lowest BCUT2D eigenvalue weighted by Crippen LogP contribution is -2.59. The second-order valence-corrected chi connectivity index (χ2v) is 4.11. The van der Waals surface area contributed by atoms with Crippen LogP contribution in [-0.4, -0.2) is 49.1 Å². The van der Waals surface area contributed by atoms with Crippen molar-refractivity contribution < 1.29 is 14.3 Å². The van der Waals surface area contributed by atoms with Crippen LogP contribution in [0.15, 0.2) is 0 Å². The zero-order valence-electron chi connectivity index (χ0n) is 10.2. The fourth-order valence-corrected chi connectivity index (χ4v) is 1.84. The van der Waals surface area contributed by atoms with E-state index in [-0.39, 0.29) is 30.5 Å². The van der Waals surface area contributed by atoms with Crippen LogP contribution in [0.1, 0.15) is 26.7 Å². The first-order valence-electron chi connectivity index (χ1n) is 5.70. The van der Waals surface area contributed by atoms with Crippen molar-refractivity contribution in [2.45, 2.75) is 38.8 Å². The Bertz CT molecular complexity index is 268. The number of methoxy groups -OCH3 is 1. The van der Waals surface area contributed by atoms with Gasteiger partial charge in [-0.3, -0.25) is 9.59 Å². The van der Waals surface area contributed by atoms with E-state index in [0.29, 0.717) is 13.0 Å². The van der Waals surface area contributed by atoms with E-state index < -0.39 is 0 Å². The van der Waals surface area contributed by atoms with E-state index in [4.69, 9.17) is 4.74 Å². The summed E-state index contributed by atoms with van der Waals surface area (Å²) in [5.41, 5.74) is 0. The van der Waals surface area contributed by atoms with Gasteiger partial charge in [-0.1, -0.05) is 13.3 Å². The van der Waals surface area contributed by atoms with Crippen LogP contribution in [0.4, 0.5) is 0 Å². The second-order valence-electron chi connectivity index (χ2n) is 4.11. The summed E-state index contributed by atoms with van der Waals surface area (Å²) in [7, 11) is 1.61. The summed E-state index contributed by atoms with van der Waals surface area (Å²) in [6.45, 7) is 4.48. The summed E-state index contributed by atoms with van der Waals surface area (Å²) < 4.78 is 5.14. The summed E-state index contributed by atoms with van der Waals surface area (Å²) in [6.07, 6.45) is 1.53. The maximum absolute atomic E-state index is 11.7. The molecule has 16 heavy (non-hydrogen) atoms. The minimum absolute atomic E-state index is 0.0260. The summed E-state index contributed by atoms with van der Waals surface area (Å²) in [5.74, 6) is -0.0771. The Labute approximate surface area is 96.1 Å². The van der Waals surface area contributed by atoms with Gasteiger partial charge in [-0.05, 0) is 13.3 Å². The summed E-state index contributed by atoms with van der Waals surface area (Å²) in [6, 6.07) is -0.330. The molecule has 0 bridgehead atoms. The molecule has 0 aromatic rings. The molecule has 0 radical (unpaired) electrons. The summed E-state index contributed by atoms with van der Waals surface area (Å²) >= 11 is 0. The molecule has 1 aliphatic heterocycles. The maximum atomic E-state index is 11.7. The third-order valence-electron chi connectivity index (χ3n) is 2.83. The van der Waals surface area contributed by atoms with Crippen molar-refractivity contribution >= 4 is 11.8 Å². The van der Waals surface area contributed by atoms with Gasteiger partial charge in [-0.15, -0.1) is 0 Å². The van der Waals surface area contributed by atoms with Crippen molar-refractivity contribution in [1.82, 2.24) is 10.2 Å². The smallest absolute Gasteiger partial charge is 0.243 e.